The van der Waals surface area contributed by atoms with E-state index in [1.54, 1.807) is 11.8 Å². The Balaban J connectivity index is 2.28. The van der Waals surface area contributed by atoms with Gasteiger partial charge in [-0.05, 0) is 19.8 Å². The lowest BCUT2D eigenvalue weighted by molar-refractivity contribution is -0.134. The fourth-order valence-corrected chi connectivity index (χ4v) is 1.74. The summed E-state index contributed by atoms with van der Waals surface area (Å²) in [6, 6.07) is 0.282. The van der Waals surface area contributed by atoms with Gasteiger partial charge in [0.1, 0.15) is 0 Å². The number of carbonyl (C=O) groups is 2. The van der Waals surface area contributed by atoms with Crippen LogP contribution in [0.2, 0.25) is 0 Å². The van der Waals surface area contributed by atoms with Gasteiger partial charge in [-0.2, -0.15) is 0 Å². The van der Waals surface area contributed by atoms with Gasteiger partial charge in [-0.3, -0.25) is 4.79 Å². The van der Waals surface area contributed by atoms with Gasteiger partial charge in [0.05, 0.1) is 12.0 Å². The number of rotatable bonds is 2. The van der Waals surface area contributed by atoms with E-state index >= 15 is 0 Å². The molecule has 1 heterocycles. The van der Waals surface area contributed by atoms with Crippen LogP contribution in [0.3, 0.4) is 0 Å². The van der Waals surface area contributed by atoms with Gasteiger partial charge >= 0.3 is 5.97 Å². The van der Waals surface area contributed by atoms with Crippen LogP contribution in [0.1, 0.15) is 26.2 Å². The molecular formula is C9H11NO3. The molecule has 1 saturated carbocycles. The van der Waals surface area contributed by atoms with E-state index in [0.29, 0.717) is 5.70 Å². The Morgan fingerprint density at radius 3 is 2.54 bits per heavy atom. The molecule has 2 aliphatic rings. The number of carbonyl (C=O) groups excluding carboxylic acids is 1. The quantitative estimate of drug-likeness (QED) is 0.683. The predicted molar refractivity (Wildman–Crippen MR) is 44.8 cm³/mol. The molecule has 0 aromatic rings. The van der Waals surface area contributed by atoms with Gasteiger partial charge in [0.15, 0.2) is 0 Å². The van der Waals surface area contributed by atoms with Crippen molar-refractivity contribution in [3.8, 4) is 0 Å². The van der Waals surface area contributed by atoms with Gasteiger partial charge < -0.3 is 10.0 Å². The Labute approximate surface area is 75.8 Å². The van der Waals surface area contributed by atoms with Crippen molar-refractivity contribution >= 4 is 11.9 Å². The summed E-state index contributed by atoms with van der Waals surface area (Å²) in [6.07, 6.45) is 2.09. The van der Waals surface area contributed by atoms with Crippen LogP contribution in [0.4, 0.5) is 0 Å². The molecule has 70 valence electrons. The number of aliphatic carboxylic acids is 1. The van der Waals surface area contributed by atoms with Crippen LogP contribution in [0.5, 0.6) is 0 Å². The summed E-state index contributed by atoms with van der Waals surface area (Å²) in [5.74, 6) is -1.02. The van der Waals surface area contributed by atoms with E-state index in [9.17, 15) is 9.59 Å². The molecule has 0 bridgehead atoms. The number of amides is 1. The van der Waals surface area contributed by atoms with Crippen molar-refractivity contribution in [2.75, 3.05) is 0 Å². The van der Waals surface area contributed by atoms with Crippen LogP contribution in [-0.4, -0.2) is 27.9 Å². The maximum absolute atomic E-state index is 11.4. The van der Waals surface area contributed by atoms with Crippen molar-refractivity contribution in [3.05, 3.63) is 11.3 Å². The molecular weight excluding hydrogens is 170 g/mol. The van der Waals surface area contributed by atoms with Gasteiger partial charge in [-0.1, -0.05) is 0 Å². The normalized spacial score (nSPS) is 22.8. The fourth-order valence-electron chi connectivity index (χ4n) is 1.74. The van der Waals surface area contributed by atoms with Gasteiger partial charge in [0, 0.05) is 11.7 Å². The maximum atomic E-state index is 11.4. The molecule has 1 N–H and O–H groups in total. The Kier molecular flexibility index (Phi) is 1.65. The number of carboxylic acid groups (broad SMARTS) is 1. The summed E-state index contributed by atoms with van der Waals surface area (Å²) >= 11 is 0. The molecule has 1 fully saturated rings. The first-order valence-electron chi connectivity index (χ1n) is 4.36. The minimum atomic E-state index is -0.964. The van der Waals surface area contributed by atoms with Crippen LogP contribution >= 0.6 is 0 Å². The predicted octanol–water partition coefficient (Wildman–Crippen LogP) is 0.740. The van der Waals surface area contributed by atoms with E-state index in [-0.39, 0.29) is 23.9 Å². The van der Waals surface area contributed by atoms with Crippen LogP contribution in [0.15, 0.2) is 11.3 Å². The van der Waals surface area contributed by atoms with Gasteiger partial charge in [-0.15, -0.1) is 0 Å². The van der Waals surface area contributed by atoms with Gasteiger partial charge in [-0.25, -0.2) is 4.79 Å². The lowest BCUT2D eigenvalue weighted by Crippen LogP contribution is -2.26. The molecule has 0 atom stereocenters. The number of allylic oxidation sites excluding steroid dienone is 1. The van der Waals surface area contributed by atoms with E-state index in [1.807, 2.05) is 0 Å². The highest BCUT2D eigenvalue weighted by molar-refractivity contribution is 5.99. The topological polar surface area (TPSA) is 57.6 Å². The Hall–Kier alpha value is -1.32. The molecule has 4 nitrogen and oxygen atoms in total. The molecule has 0 radical (unpaired) electrons. The maximum Gasteiger partial charge on any atom is 0.333 e. The van der Waals surface area contributed by atoms with Crippen molar-refractivity contribution in [2.45, 2.75) is 32.2 Å². The first-order chi connectivity index (χ1) is 6.11. The molecule has 0 aromatic heterocycles. The Bertz CT molecular complexity index is 315. The van der Waals surface area contributed by atoms with E-state index in [2.05, 4.69) is 0 Å². The Morgan fingerprint density at radius 2 is 2.15 bits per heavy atom. The number of carboxylic acids is 1. The van der Waals surface area contributed by atoms with Crippen molar-refractivity contribution < 1.29 is 14.7 Å². The minimum Gasteiger partial charge on any atom is -0.478 e. The third kappa shape index (κ3) is 1.22. The average Bonchev–Trinajstić information content (AvgIpc) is 2.80. The van der Waals surface area contributed by atoms with E-state index in [1.165, 1.54) is 0 Å². The second-order valence-corrected chi connectivity index (χ2v) is 3.54. The number of hydrogen-bond acceptors (Lipinski definition) is 2. The van der Waals surface area contributed by atoms with Crippen LogP contribution in [0.25, 0.3) is 0 Å². The first kappa shape index (κ1) is 8.29. The van der Waals surface area contributed by atoms with Crippen molar-refractivity contribution in [2.24, 2.45) is 0 Å². The molecule has 1 aliphatic carbocycles. The monoisotopic (exact) mass is 181 g/mol. The highest BCUT2D eigenvalue weighted by Crippen LogP contribution is 2.36. The molecule has 0 spiro atoms. The van der Waals surface area contributed by atoms with Crippen LogP contribution in [-0.2, 0) is 9.59 Å². The SMILES string of the molecule is CC1=C(C(=O)O)CC(=O)N1C1CC1. The molecule has 0 aromatic carbocycles. The Morgan fingerprint density at radius 1 is 1.54 bits per heavy atom. The summed E-state index contributed by atoms with van der Waals surface area (Å²) in [5.41, 5.74) is 0.900. The fraction of sp³-hybridized carbons (Fsp3) is 0.556. The first-order valence-corrected chi connectivity index (χ1v) is 4.36. The summed E-state index contributed by atoms with van der Waals surface area (Å²) < 4.78 is 0. The molecule has 1 amide bonds. The molecule has 0 saturated heterocycles. The molecule has 13 heavy (non-hydrogen) atoms. The van der Waals surface area contributed by atoms with Crippen molar-refractivity contribution in [3.63, 3.8) is 0 Å². The molecule has 0 unspecified atom stereocenters. The van der Waals surface area contributed by atoms with Gasteiger partial charge in [0.2, 0.25) is 5.91 Å². The van der Waals surface area contributed by atoms with E-state index in [0.717, 1.165) is 12.8 Å². The summed E-state index contributed by atoms with van der Waals surface area (Å²) in [6.45, 7) is 1.71. The summed E-state index contributed by atoms with van der Waals surface area (Å²) in [7, 11) is 0. The zero-order chi connectivity index (χ0) is 9.59. The lowest BCUT2D eigenvalue weighted by atomic mass is 10.2. The van der Waals surface area contributed by atoms with E-state index in [4.69, 9.17) is 5.11 Å². The van der Waals surface area contributed by atoms with Crippen molar-refractivity contribution in [1.29, 1.82) is 0 Å². The lowest BCUT2D eigenvalue weighted by Gasteiger charge is -2.16. The summed E-state index contributed by atoms with van der Waals surface area (Å²) in [5, 5.41) is 8.78. The largest absolute Gasteiger partial charge is 0.478 e. The molecule has 1 aliphatic heterocycles. The molecule has 2 rings (SSSR count). The second-order valence-electron chi connectivity index (χ2n) is 3.54. The average molecular weight is 181 g/mol. The standard InChI is InChI=1S/C9H11NO3/c1-5-7(9(12)13)4-8(11)10(5)6-2-3-6/h6H,2-4H2,1H3,(H,12,13). The smallest absolute Gasteiger partial charge is 0.333 e. The van der Waals surface area contributed by atoms with Crippen molar-refractivity contribution in [1.82, 2.24) is 4.90 Å². The molecule has 4 heteroatoms. The van der Waals surface area contributed by atoms with Crippen LogP contribution < -0.4 is 0 Å². The second kappa shape index (κ2) is 2.58. The third-order valence-corrected chi connectivity index (χ3v) is 2.56. The summed E-state index contributed by atoms with van der Waals surface area (Å²) in [4.78, 5) is 23.8. The zero-order valence-electron chi connectivity index (χ0n) is 7.41. The number of nitrogens with zero attached hydrogens (tertiary/aromatic N) is 1. The van der Waals surface area contributed by atoms with E-state index < -0.39 is 5.97 Å². The number of hydrogen-bond donors (Lipinski definition) is 1. The third-order valence-electron chi connectivity index (χ3n) is 2.56. The van der Waals surface area contributed by atoms with Crippen LogP contribution in [0, 0.1) is 0 Å². The van der Waals surface area contributed by atoms with Gasteiger partial charge in [0.25, 0.3) is 0 Å². The highest BCUT2D eigenvalue weighted by Gasteiger charge is 2.40. The minimum absolute atomic E-state index is 0.0580. The highest BCUT2D eigenvalue weighted by atomic mass is 16.4. The zero-order valence-corrected chi connectivity index (χ0v) is 7.41.